The van der Waals surface area contributed by atoms with Crippen LogP contribution in [0.15, 0.2) is 0 Å². The van der Waals surface area contributed by atoms with Crippen LogP contribution in [-0.2, 0) is 0 Å². The van der Waals surface area contributed by atoms with E-state index in [2.05, 4.69) is 27.2 Å². The summed E-state index contributed by atoms with van der Waals surface area (Å²) < 4.78 is 0. The van der Waals surface area contributed by atoms with Crippen LogP contribution in [0.4, 0.5) is 5.69 Å². The van der Waals surface area contributed by atoms with Gasteiger partial charge in [-0.15, -0.1) is 0 Å². The zero-order valence-corrected chi connectivity index (χ0v) is 11.4. The van der Waals surface area contributed by atoms with Gasteiger partial charge in [0.1, 0.15) is 16.9 Å². The Morgan fingerprint density at radius 2 is 2.11 bits per heavy atom. The minimum absolute atomic E-state index is 0.215. The molecule has 0 saturated carbocycles. The van der Waals surface area contributed by atoms with Gasteiger partial charge in [-0.3, -0.25) is 0 Å². The summed E-state index contributed by atoms with van der Waals surface area (Å²) in [6.45, 7) is 6.34. The van der Waals surface area contributed by atoms with Gasteiger partial charge < -0.3 is 15.4 Å². The van der Waals surface area contributed by atoms with Crippen LogP contribution in [0.1, 0.15) is 41.6 Å². The molecule has 0 fully saturated rings. The molecule has 2 aromatic rings. The molecule has 19 heavy (non-hydrogen) atoms. The highest BCUT2D eigenvalue weighted by Crippen LogP contribution is 2.27. The maximum Gasteiger partial charge on any atom is 0.339 e. The molecule has 0 aliphatic carbocycles. The maximum absolute atomic E-state index is 11.4. The van der Waals surface area contributed by atoms with Crippen LogP contribution in [-0.4, -0.2) is 32.6 Å². The number of pyridine rings is 1. The Kier molecular flexibility index (Phi) is 3.69. The van der Waals surface area contributed by atoms with E-state index >= 15 is 0 Å². The summed E-state index contributed by atoms with van der Waals surface area (Å²) in [6, 6.07) is 0. The van der Waals surface area contributed by atoms with Crippen LogP contribution in [0.3, 0.4) is 0 Å². The molecule has 0 unspecified atom stereocenters. The monoisotopic (exact) mass is 262 g/mol. The molecular weight excluding hydrogens is 244 g/mol. The van der Waals surface area contributed by atoms with Crippen LogP contribution in [0, 0.1) is 13.8 Å². The van der Waals surface area contributed by atoms with Crippen molar-refractivity contribution in [3.8, 4) is 0 Å². The number of anilines is 1. The van der Waals surface area contributed by atoms with E-state index in [0.717, 1.165) is 25.2 Å². The molecule has 0 spiro atoms. The number of aryl methyl sites for hydroxylation is 2. The summed E-state index contributed by atoms with van der Waals surface area (Å²) in [4.78, 5) is 23.0. The van der Waals surface area contributed by atoms with E-state index in [1.54, 1.807) is 6.92 Å². The smallest absolute Gasteiger partial charge is 0.339 e. The SMILES string of the molecule is CCCCNc1c(C(=O)O)c(C)nc2nc(C)[nH]c12. The van der Waals surface area contributed by atoms with Crippen molar-refractivity contribution in [2.45, 2.75) is 33.6 Å². The lowest BCUT2D eigenvalue weighted by Gasteiger charge is -2.11. The second-order valence-electron chi connectivity index (χ2n) is 4.55. The number of hydrogen-bond donors (Lipinski definition) is 3. The quantitative estimate of drug-likeness (QED) is 0.720. The van der Waals surface area contributed by atoms with Gasteiger partial charge in [0.25, 0.3) is 0 Å². The number of rotatable bonds is 5. The molecule has 102 valence electrons. The van der Waals surface area contributed by atoms with Gasteiger partial charge in [0.2, 0.25) is 0 Å². The van der Waals surface area contributed by atoms with Crippen LogP contribution >= 0.6 is 0 Å². The number of hydrogen-bond acceptors (Lipinski definition) is 4. The molecule has 0 radical (unpaired) electrons. The average Bonchev–Trinajstić information content (AvgIpc) is 2.68. The number of imidazole rings is 1. The van der Waals surface area contributed by atoms with E-state index in [1.165, 1.54) is 0 Å². The van der Waals surface area contributed by atoms with E-state index in [4.69, 9.17) is 0 Å². The van der Waals surface area contributed by atoms with Crippen LogP contribution < -0.4 is 5.32 Å². The first kappa shape index (κ1) is 13.3. The first-order valence-corrected chi connectivity index (χ1v) is 6.38. The lowest BCUT2D eigenvalue weighted by molar-refractivity contribution is 0.0697. The molecule has 0 saturated heterocycles. The minimum atomic E-state index is -0.974. The third-order valence-corrected chi connectivity index (χ3v) is 2.98. The van der Waals surface area contributed by atoms with Gasteiger partial charge >= 0.3 is 5.97 Å². The van der Waals surface area contributed by atoms with Crippen LogP contribution in [0.2, 0.25) is 0 Å². The molecule has 0 amide bonds. The molecule has 0 aliphatic heterocycles. The number of nitrogens with one attached hydrogen (secondary N) is 2. The summed E-state index contributed by atoms with van der Waals surface area (Å²) in [5.74, 6) is -0.249. The second-order valence-corrected chi connectivity index (χ2v) is 4.55. The number of aromatic carboxylic acids is 1. The fourth-order valence-corrected chi connectivity index (χ4v) is 2.08. The highest BCUT2D eigenvalue weighted by Gasteiger charge is 2.20. The molecule has 0 aliphatic rings. The zero-order chi connectivity index (χ0) is 14.0. The van der Waals surface area contributed by atoms with E-state index in [1.807, 2.05) is 6.92 Å². The highest BCUT2D eigenvalue weighted by molar-refractivity contribution is 6.03. The van der Waals surface area contributed by atoms with Crippen molar-refractivity contribution in [2.75, 3.05) is 11.9 Å². The van der Waals surface area contributed by atoms with Gasteiger partial charge in [-0.25, -0.2) is 14.8 Å². The van der Waals surface area contributed by atoms with Crippen molar-refractivity contribution >= 4 is 22.8 Å². The number of carboxylic acid groups (broad SMARTS) is 1. The average molecular weight is 262 g/mol. The first-order valence-electron chi connectivity index (χ1n) is 6.38. The molecule has 2 heterocycles. The van der Waals surface area contributed by atoms with E-state index in [-0.39, 0.29) is 5.56 Å². The van der Waals surface area contributed by atoms with Crippen LogP contribution in [0.25, 0.3) is 11.2 Å². The summed E-state index contributed by atoms with van der Waals surface area (Å²) >= 11 is 0. The summed E-state index contributed by atoms with van der Waals surface area (Å²) in [7, 11) is 0. The molecular formula is C13H18N4O2. The number of nitrogens with zero attached hydrogens (tertiary/aromatic N) is 2. The normalized spacial score (nSPS) is 10.9. The number of aromatic amines is 1. The number of aromatic nitrogens is 3. The standard InChI is InChI=1S/C13H18N4O2/c1-4-5-6-14-10-9(13(18)19)7(2)15-12-11(10)16-8(3)17-12/h4-6H2,1-3H3,(H,18,19)(H2,14,15,16,17). The Hall–Kier alpha value is -2.11. The number of fused-ring (bicyclic) bond motifs is 1. The van der Waals surface area contributed by atoms with Crippen molar-refractivity contribution < 1.29 is 9.90 Å². The minimum Gasteiger partial charge on any atom is -0.478 e. The van der Waals surface area contributed by atoms with Crippen molar-refractivity contribution in [3.05, 3.63) is 17.1 Å². The molecule has 0 atom stereocenters. The zero-order valence-electron chi connectivity index (χ0n) is 11.4. The Bertz CT molecular complexity index is 619. The molecule has 0 aromatic carbocycles. The Balaban J connectivity index is 2.58. The van der Waals surface area contributed by atoms with E-state index in [0.29, 0.717) is 22.5 Å². The van der Waals surface area contributed by atoms with Crippen molar-refractivity contribution in [3.63, 3.8) is 0 Å². The number of carboxylic acids is 1. The fourth-order valence-electron chi connectivity index (χ4n) is 2.08. The fraction of sp³-hybridized carbons (Fsp3) is 0.462. The predicted molar refractivity (Wildman–Crippen MR) is 73.7 cm³/mol. The van der Waals surface area contributed by atoms with Gasteiger partial charge in [-0.05, 0) is 20.3 Å². The molecule has 6 nitrogen and oxygen atoms in total. The number of unbranched alkanes of at least 4 members (excludes halogenated alkanes) is 1. The Labute approximate surface area is 111 Å². The molecule has 3 N–H and O–H groups in total. The summed E-state index contributed by atoms with van der Waals surface area (Å²) in [5, 5.41) is 12.6. The Morgan fingerprint density at radius 1 is 1.37 bits per heavy atom. The number of H-pyrrole nitrogens is 1. The largest absolute Gasteiger partial charge is 0.478 e. The van der Waals surface area contributed by atoms with Crippen LogP contribution in [0.5, 0.6) is 0 Å². The van der Waals surface area contributed by atoms with Crippen molar-refractivity contribution in [1.82, 2.24) is 15.0 Å². The maximum atomic E-state index is 11.4. The van der Waals surface area contributed by atoms with Gasteiger partial charge in [0, 0.05) is 6.54 Å². The van der Waals surface area contributed by atoms with Gasteiger partial charge in [0.15, 0.2) is 5.65 Å². The Morgan fingerprint density at radius 3 is 2.74 bits per heavy atom. The highest BCUT2D eigenvalue weighted by atomic mass is 16.4. The summed E-state index contributed by atoms with van der Waals surface area (Å²) in [6.07, 6.45) is 2.03. The van der Waals surface area contributed by atoms with Gasteiger partial charge in [-0.1, -0.05) is 13.3 Å². The topological polar surface area (TPSA) is 90.9 Å². The summed E-state index contributed by atoms with van der Waals surface area (Å²) in [5.41, 5.74) is 2.50. The molecule has 0 bridgehead atoms. The van der Waals surface area contributed by atoms with Gasteiger partial charge in [-0.2, -0.15) is 0 Å². The lowest BCUT2D eigenvalue weighted by atomic mass is 10.1. The van der Waals surface area contributed by atoms with E-state index < -0.39 is 5.97 Å². The van der Waals surface area contributed by atoms with Crippen molar-refractivity contribution in [1.29, 1.82) is 0 Å². The third kappa shape index (κ3) is 2.52. The molecule has 2 rings (SSSR count). The second kappa shape index (κ2) is 5.26. The third-order valence-electron chi connectivity index (χ3n) is 2.98. The van der Waals surface area contributed by atoms with E-state index in [9.17, 15) is 9.90 Å². The van der Waals surface area contributed by atoms with Crippen molar-refractivity contribution in [2.24, 2.45) is 0 Å². The number of carbonyl (C=O) groups is 1. The molecule has 2 aromatic heterocycles. The molecule has 6 heteroatoms. The van der Waals surface area contributed by atoms with Gasteiger partial charge in [0.05, 0.1) is 11.4 Å². The lowest BCUT2D eigenvalue weighted by Crippen LogP contribution is -2.11. The predicted octanol–water partition coefficient (Wildman–Crippen LogP) is 2.48. The first-order chi connectivity index (χ1) is 9.04.